The fourth-order valence-corrected chi connectivity index (χ4v) is 5.62. The molecule has 1 saturated heterocycles. The first kappa shape index (κ1) is 16.2. The Labute approximate surface area is 160 Å². The van der Waals surface area contributed by atoms with Crippen LogP contribution in [0.4, 0.5) is 5.69 Å². The van der Waals surface area contributed by atoms with Crippen LogP contribution in [-0.4, -0.2) is 35.4 Å². The van der Waals surface area contributed by atoms with Gasteiger partial charge in [0, 0.05) is 41.5 Å². The monoisotopic (exact) mass is 381 g/mol. The van der Waals surface area contributed by atoms with E-state index in [0.29, 0.717) is 0 Å². The number of likely N-dealkylation sites (tertiary alicyclic amines) is 1. The minimum absolute atomic E-state index is 0.0421. The van der Waals surface area contributed by atoms with Gasteiger partial charge in [-0.3, -0.25) is 14.7 Å². The van der Waals surface area contributed by atoms with Gasteiger partial charge in [-0.25, -0.2) is 0 Å². The van der Waals surface area contributed by atoms with E-state index in [1.165, 1.54) is 4.88 Å². The van der Waals surface area contributed by atoms with Gasteiger partial charge in [0.2, 0.25) is 0 Å². The molecular formula is C20H19N3OS2. The number of hydrogen-bond acceptors (Lipinski definition) is 5. The van der Waals surface area contributed by atoms with Crippen LogP contribution in [0.5, 0.6) is 0 Å². The molecule has 132 valence electrons. The van der Waals surface area contributed by atoms with Gasteiger partial charge in [0.25, 0.3) is 5.91 Å². The molecule has 0 unspecified atom stereocenters. The van der Waals surface area contributed by atoms with Crippen LogP contribution in [-0.2, 0) is 12.0 Å². The van der Waals surface area contributed by atoms with Gasteiger partial charge in [0.1, 0.15) is 0 Å². The number of thiophene rings is 2. The Bertz CT molecular complexity index is 922. The molecule has 1 atom stereocenters. The summed E-state index contributed by atoms with van der Waals surface area (Å²) in [5.41, 5.74) is 2.81. The maximum absolute atomic E-state index is 13.0. The maximum atomic E-state index is 13.0. The van der Waals surface area contributed by atoms with Gasteiger partial charge in [-0.1, -0.05) is 6.07 Å². The van der Waals surface area contributed by atoms with Crippen molar-refractivity contribution in [2.24, 2.45) is 0 Å². The first-order chi connectivity index (χ1) is 12.8. The summed E-state index contributed by atoms with van der Waals surface area (Å²) < 4.78 is 0. The number of aromatic nitrogens is 1. The molecule has 1 amide bonds. The first-order valence-electron chi connectivity index (χ1n) is 8.79. The summed E-state index contributed by atoms with van der Waals surface area (Å²) in [5.74, 6) is 0.0917. The van der Waals surface area contributed by atoms with Crippen molar-refractivity contribution >= 4 is 34.3 Å². The minimum Gasteiger partial charge on any atom is -0.305 e. The summed E-state index contributed by atoms with van der Waals surface area (Å²) >= 11 is 3.37. The topological polar surface area (TPSA) is 36.4 Å². The number of fused-ring (bicyclic) bond motifs is 2. The lowest BCUT2D eigenvalue weighted by molar-refractivity contribution is 0.0985. The third-order valence-electron chi connectivity index (χ3n) is 5.45. The van der Waals surface area contributed by atoms with Crippen LogP contribution in [0, 0.1) is 0 Å². The molecule has 0 saturated carbocycles. The number of anilines is 1. The van der Waals surface area contributed by atoms with E-state index in [2.05, 4.69) is 22.4 Å². The van der Waals surface area contributed by atoms with Crippen LogP contribution in [0.3, 0.4) is 0 Å². The smallest absolute Gasteiger partial charge is 0.259 e. The van der Waals surface area contributed by atoms with Gasteiger partial charge in [-0.15, -0.1) is 11.3 Å². The highest BCUT2D eigenvalue weighted by molar-refractivity contribution is 7.09. The first-order valence-corrected chi connectivity index (χ1v) is 10.6. The Morgan fingerprint density at radius 3 is 2.96 bits per heavy atom. The maximum Gasteiger partial charge on any atom is 0.259 e. The minimum atomic E-state index is -0.0421. The van der Waals surface area contributed by atoms with Crippen LogP contribution in [0.1, 0.15) is 27.3 Å². The molecule has 5 rings (SSSR count). The molecule has 0 aliphatic carbocycles. The number of carbonyl (C=O) groups is 1. The van der Waals surface area contributed by atoms with E-state index >= 15 is 0 Å². The molecule has 0 bridgehead atoms. The predicted octanol–water partition coefficient (Wildman–Crippen LogP) is 4.01. The van der Waals surface area contributed by atoms with Crippen molar-refractivity contribution in [3.63, 3.8) is 0 Å². The average Bonchev–Trinajstić information content (AvgIpc) is 3.44. The third kappa shape index (κ3) is 2.60. The van der Waals surface area contributed by atoms with E-state index in [9.17, 15) is 4.79 Å². The Balaban J connectivity index is 1.44. The highest BCUT2D eigenvalue weighted by Gasteiger charge is 2.49. The molecule has 4 nitrogen and oxygen atoms in total. The lowest BCUT2D eigenvalue weighted by atomic mass is 9.85. The van der Waals surface area contributed by atoms with Crippen LogP contribution in [0.2, 0.25) is 0 Å². The summed E-state index contributed by atoms with van der Waals surface area (Å²) in [6, 6.07) is 10.2. The summed E-state index contributed by atoms with van der Waals surface area (Å²) in [7, 11) is 0. The van der Waals surface area contributed by atoms with Gasteiger partial charge in [0.05, 0.1) is 16.9 Å². The van der Waals surface area contributed by atoms with Gasteiger partial charge >= 0.3 is 0 Å². The fraction of sp³-hybridized carbons (Fsp3) is 0.300. The van der Waals surface area contributed by atoms with Gasteiger partial charge in [0.15, 0.2) is 0 Å². The van der Waals surface area contributed by atoms with E-state index in [0.717, 1.165) is 49.5 Å². The second-order valence-corrected chi connectivity index (χ2v) is 8.91. The zero-order valence-electron chi connectivity index (χ0n) is 14.3. The lowest BCUT2D eigenvalue weighted by Gasteiger charge is -2.25. The van der Waals surface area contributed by atoms with Crippen LogP contribution >= 0.6 is 22.7 Å². The normalized spacial score (nSPS) is 22.2. The molecular weight excluding hydrogens is 362 g/mol. The zero-order valence-corrected chi connectivity index (χ0v) is 15.9. The van der Waals surface area contributed by atoms with Crippen molar-refractivity contribution in [3.05, 3.63) is 68.8 Å². The van der Waals surface area contributed by atoms with Crippen LogP contribution in [0.25, 0.3) is 0 Å². The number of hydrogen-bond donors (Lipinski definition) is 0. The van der Waals surface area contributed by atoms with E-state index in [4.69, 9.17) is 4.98 Å². The predicted molar refractivity (Wildman–Crippen MR) is 106 cm³/mol. The molecule has 3 aromatic heterocycles. The fourth-order valence-electron chi connectivity index (χ4n) is 4.25. The molecule has 5 heterocycles. The quantitative estimate of drug-likeness (QED) is 0.688. The Kier molecular flexibility index (Phi) is 3.92. The Morgan fingerprint density at radius 1 is 1.19 bits per heavy atom. The Morgan fingerprint density at radius 2 is 2.15 bits per heavy atom. The molecule has 0 radical (unpaired) electrons. The summed E-state index contributed by atoms with van der Waals surface area (Å²) in [4.78, 5) is 23.6. The molecule has 2 aliphatic heterocycles. The standard InChI is InChI=1S/C20H19N3OS2/c24-19(15-5-10-25-12-15)23-14-20(18-17(23)4-1-7-21-18)6-8-22(13-20)11-16-3-2-9-26-16/h1-5,7,9-10,12H,6,8,11,13-14H2/t20-/m0/s1. The van der Waals surface area contributed by atoms with Crippen LogP contribution < -0.4 is 4.90 Å². The SMILES string of the molecule is O=C(c1ccsc1)N1C[C@@]2(CCN(Cc3cccs3)C2)c2ncccc21. The number of carbonyl (C=O) groups excluding carboxylic acids is 1. The second kappa shape index (κ2) is 6.30. The molecule has 1 fully saturated rings. The Hall–Kier alpha value is -2.02. The zero-order chi connectivity index (χ0) is 17.6. The summed E-state index contributed by atoms with van der Waals surface area (Å²) in [6.07, 6.45) is 2.91. The molecule has 26 heavy (non-hydrogen) atoms. The molecule has 2 aliphatic rings. The number of pyridine rings is 1. The van der Waals surface area contributed by atoms with Crippen molar-refractivity contribution in [3.8, 4) is 0 Å². The molecule has 1 spiro atoms. The van der Waals surface area contributed by atoms with Gasteiger partial charge in [-0.2, -0.15) is 11.3 Å². The molecule has 0 N–H and O–H groups in total. The molecule has 3 aromatic rings. The van der Waals surface area contributed by atoms with Crippen molar-refractivity contribution in [1.29, 1.82) is 0 Å². The second-order valence-electron chi connectivity index (χ2n) is 7.09. The van der Waals surface area contributed by atoms with E-state index < -0.39 is 0 Å². The van der Waals surface area contributed by atoms with Gasteiger partial charge < -0.3 is 4.90 Å². The number of nitrogens with zero attached hydrogens (tertiary/aromatic N) is 3. The van der Waals surface area contributed by atoms with E-state index in [1.807, 2.05) is 51.4 Å². The average molecular weight is 382 g/mol. The summed E-state index contributed by atoms with van der Waals surface area (Å²) in [5, 5.41) is 6.03. The molecule has 6 heteroatoms. The highest BCUT2D eigenvalue weighted by Crippen LogP contribution is 2.45. The third-order valence-corrected chi connectivity index (χ3v) is 6.99. The van der Waals surface area contributed by atoms with Crippen molar-refractivity contribution < 1.29 is 4.79 Å². The van der Waals surface area contributed by atoms with Crippen LogP contribution in [0.15, 0.2) is 52.7 Å². The lowest BCUT2D eigenvalue weighted by Crippen LogP contribution is -2.39. The number of amides is 1. The summed E-state index contributed by atoms with van der Waals surface area (Å²) in [6.45, 7) is 3.73. The van der Waals surface area contributed by atoms with Crippen molar-refractivity contribution in [2.45, 2.75) is 18.4 Å². The highest BCUT2D eigenvalue weighted by atomic mass is 32.1. The molecule has 0 aromatic carbocycles. The largest absolute Gasteiger partial charge is 0.305 e. The van der Waals surface area contributed by atoms with Gasteiger partial charge in [-0.05, 0) is 48.0 Å². The van der Waals surface area contributed by atoms with E-state index in [-0.39, 0.29) is 11.3 Å². The van der Waals surface area contributed by atoms with Crippen molar-refractivity contribution in [2.75, 3.05) is 24.5 Å². The van der Waals surface area contributed by atoms with Crippen molar-refractivity contribution in [1.82, 2.24) is 9.88 Å². The number of rotatable bonds is 3. The van der Waals surface area contributed by atoms with E-state index in [1.54, 1.807) is 11.3 Å².